The van der Waals surface area contributed by atoms with Gasteiger partial charge >= 0.3 is 0 Å². The highest BCUT2D eigenvalue weighted by molar-refractivity contribution is 5.60. The maximum absolute atomic E-state index is 12.5. The number of aryl methyl sites for hydroxylation is 1. The van der Waals surface area contributed by atoms with E-state index in [1.807, 2.05) is 37.3 Å². The van der Waals surface area contributed by atoms with E-state index in [0.717, 1.165) is 17.7 Å². The Hall–Kier alpha value is -1.87. The molecule has 0 aliphatic carbocycles. The Morgan fingerprint density at radius 2 is 1.76 bits per heavy atom. The highest BCUT2D eigenvalue weighted by atomic mass is 16.3. The Labute approximate surface area is 125 Å². The predicted octanol–water partition coefficient (Wildman–Crippen LogP) is 3.36. The monoisotopic (exact) mass is 285 g/mol. The summed E-state index contributed by atoms with van der Waals surface area (Å²) >= 11 is 0. The number of pyridine rings is 1. The lowest BCUT2D eigenvalue weighted by atomic mass is 10.1. The number of hydrogen-bond acceptors (Lipinski definition) is 2. The van der Waals surface area contributed by atoms with Crippen molar-refractivity contribution in [2.45, 2.75) is 40.3 Å². The molecular weight excluding hydrogens is 262 g/mol. The molecule has 1 aromatic carbocycles. The van der Waals surface area contributed by atoms with Crippen molar-refractivity contribution in [3.05, 3.63) is 57.9 Å². The van der Waals surface area contributed by atoms with Crippen molar-refractivity contribution < 1.29 is 5.11 Å². The minimum atomic E-state index is -0.214. The van der Waals surface area contributed by atoms with Gasteiger partial charge in [-0.3, -0.25) is 4.79 Å². The smallest absolute Gasteiger partial charge is 0.256 e. The molecule has 0 saturated carbocycles. The number of nitrogens with zero attached hydrogens (tertiary/aromatic N) is 1. The molecule has 112 valence electrons. The molecule has 0 spiro atoms. The van der Waals surface area contributed by atoms with Crippen LogP contribution in [0.2, 0.25) is 0 Å². The fourth-order valence-corrected chi connectivity index (χ4v) is 2.33. The average molecular weight is 285 g/mol. The first-order valence-electron chi connectivity index (χ1n) is 7.43. The van der Waals surface area contributed by atoms with Crippen LogP contribution in [0.1, 0.15) is 31.4 Å². The van der Waals surface area contributed by atoms with Gasteiger partial charge in [0.25, 0.3) is 5.56 Å². The van der Waals surface area contributed by atoms with Gasteiger partial charge in [0.1, 0.15) is 0 Å². The van der Waals surface area contributed by atoms with Crippen LogP contribution in [0.15, 0.2) is 41.2 Å². The topological polar surface area (TPSA) is 42.2 Å². The number of aliphatic hydroxyl groups excluding tert-OH is 1. The Kier molecular flexibility index (Phi) is 4.97. The van der Waals surface area contributed by atoms with Gasteiger partial charge in [0.15, 0.2) is 0 Å². The van der Waals surface area contributed by atoms with Crippen LogP contribution < -0.4 is 5.56 Å². The van der Waals surface area contributed by atoms with Crippen LogP contribution in [0.3, 0.4) is 0 Å². The molecule has 1 N–H and O–H groups in total. The van der Waals surface area contributed by atoms with E-state index in [0.29, 0.717) is 18.0 Å². The lowest BCUT2D eigenvalue weighted by Crippen LogP contribution is -2.25. The van der Waals surface area contributed by atoms with Crippen molar-refractivity contribution in [1.29, 1.82) is 0 Å². The first-order chi connectivity index (χ1) is 10.0. The molecule has 2 aromatic rings. The van der Waals surface area contributed by atoms with Crippen molar-refractivity contribution in [2.24, 2.45) is 5.92 Å². The summed E-state index contributed by atoms with van der Waals surface area (Å²) in [7, 11) is 0. The molecule has 0 radical (unpaired) electrons. The van der Waals surface area contributed by atoms with Crippen molar-refractivity contribution in [3.8, 4) is 11.3 Å². The summed E-state index contributed by atoms with van der Waals surface area (Å²) in [6, 6.07) is 11.8. The summed E-state index contributed by atoms with van der Waals surface area (Å²) in [4.78, 5) is 12.5. The fourth-order valence-electron chi connectivity index (χ4n) is 2.33. The maximum atomic E-state index is 12.5. The molecular formula is C18H23NO2. The second kappa shape index (κ2) is 6.72. The van der Waals surface area contributed by atoms with E-state index in [1.165, 1.54) is 5.56 Å². The van der Waals surface area contributed by atoms with Crippen LogP contribution >= 0.6 is 0 Å². The van der Waals surface area contributed by atoms with Crippen LogP contribution in [0, 0.1) is 12.8 Å². The summed E-state index contributed by atoms with van der Waals surface area (Å²) in [6.07, 6.45) is 0.938. The molecule has 2 rings (SSSR count). The molecule has 0 unspecified atom stereocenters. The highest BCUT2D eigenvalue weighted by Gasteiger charge is 2.10. The molecule has 0 aliphatic heterocycles. The van der Waals surface area contributed by atoms with Gasteiger partial charge in [-0.25, -0.2) is 0 Å². The van der Waals surface area contributed by atoms with E-state index in [-0.39, 0.29) is 12.2 Å². The van der Waals surface area contributed by atoms with Crippen LogP contribution in [-0.4, -0.2) is 9.67 Å². The molecule has 0 atom stereocenters. The Morgan fingerprint density at radius 3 is 2.33 bits per heavy atom. The van der Waals surface area contributed by atoms with Crippen LogP contribution in [0.4, 0.5) is 0 Å². The normalized spacial score (nSPS) is 11.1. The average Bonchev–Trinajstić information content (AvgIpc) is 2.46. The van der Waals surface area contributed by atoms with Crippen molar-refractivity contribution in [2.75, 3.05) is 0 Å². The van der Waals surface area contributed by atoms with E-state index in [1.54, 1.807) is 10.6 Å². The standard InChI is InChI=1S/C18H23NO2/c1-13(2)10-11-19-17(9-8-16(12-20)18(19)21)15-6-4-14(3)5-7-15/h4-9,13,20H,10-12H2,1-3H3. The third-order valence-electron chi connectivity index (χ3n) is 3.70. The van der Waals surface area contributed by atoms with Crippen molar-refractivity contribution in [3.63, 3.8) is 0 Å². The predicted molar refractivity (Wildman–Crippen MR) is 86.3 cm³/mol. The lowest BCUT2D eigenvalue weighted by Gasteiger charge is -2.15. The van der Waals surface area contributed by atoms with Gasteiger partial charge in [-0.05, 0) is 37.0 Å². The Balaban J connectivity index is 2.51. The van der Waals surface area contributed by atoms with E-state index in [2.05, 4.69) is 13.8 Å². The summed E-state index contributed by atoms with van der Waals surface area (Å²) in [6.45, 7) is 6.80. The second-order valence-corrected chi connectivity index (χ2v) is 5.91. The Morgan fingerprint density at radius 1 is 1.10 bits per heavy atom. The molecule has 21 heavy (non-hydrogen) atoms. The summed E-state index contributed by atoms with van der Waals surface area (Å²) in [5, 5.41) is 9.30. The van der Waals surface area contributed by atoms with E-state index in [9.17, 15) is 9.90 Å². The molecule has 3 heteroatoms. The van der Waals surface area contributed by atoms with Crippen LogP contribution in [-0.2, 0) is 13.2 Å². The molecule has 3 nitrogen and oxygen atoms in total. The van der Waals surface area contributed by atoms with Crippen LogP contribution in [0.5, 0.6) is 0 Å². The third-order valence-corrected chi connectivity index (χ3v) is 3.70. The van der Waals surface area contributed by atoms with Gasteiger partial charge in [-0.15, -0.1) is 0 Å². The largest absolute Gasteiger partial charge is 0.391 e. The fraction of sp³-hybridized carbons (Fsp3) is 0.389. The van der Waals surface area contributed by atoms with Gasteiger partial charge in [0, 0.05) is 12.1 Å². The van der Waals surface area contributed by atoms with Crippen molar-refractivity contribution >= 4 is 0 Å². The van der Waals surface area contributed by atoms with E-state index in [4.69, 9.17) is 0 Å². The third kappa shape index (κ3) is 3.61. The molecule has 0 aliphatic rings. The minimum Gasteiger partial charge on any atom is -0.391 e. The molecule has 0 saturated heterocycles. The maximum Gasteiger partial charge on any atom is 0.256 e. The summed E-state index contributed by atoms with van der Waals surface area (Å²) < 4.78 is 1.79. The zero-order valence-corrected chi connectivity index (χ0v) is 13.0. The van der Waals surface area contributed by atoms with E-state index < -0.39 is 0 Å². The number of hydrogen-bond donors (Lipinski definition) is 1. The number of benzene rings is 1. The van der Waals surface area contributed by atoms with E-state index >= 15 is 0 Å². The first kappa shape index (κ1) is 15.5. The first-order valence-corrected chi connectivity index (χ1v) is 7.43. The summed E-state index contributed by atoms with van der Waals surface area (Å²) in [5.41, 5.74) is 3.51. The minimum absolute atomic E-state index is 0.0868. The van der Waals surface area contributed by atoms with Gasteiger partial charge in [0.2, 0.25) is 0 Å². The highest BCUT2D eigenvalue weighted by Crippen LogP contribution is 2.20. The van der Waals surface area contributed by atoms with Gasteiger partial charge in [-0.1, -0.05) is 43.7 Å². The Bertz CT molecular complexity index is 654. The molecule has 1 aromatic heterocycles. The zero-order valence-electron chi connectivity index (χ0n) is 13.0. The summed E-state index contributed by atoms with van der Waals surface area (Å²) in [5.74, 6) is 0.528. The van der Waals surface area contributed by atoms with Crippen molar-refractivity contribution in [1.82, 2.24) is 4.57 Å². The van der Waals surface area contributed by atoms with Gasteiger partial charge in [-0.2, -0.15) is 0 Å². The SMILES string of the molecule is Cc1ccc(-c2ccc(CO)c(=O)n2CCC(C)C)cc1. The molecule has 1 heterocycles. The number of rotatable bonds is 5. The van der Waals surface area contributed by atoms with Gasteiger partial charge in [0.05, 0.1) is 12.3 Å². The molecule has 0 bridgehead atoms. The molecule has 0 amide bonds. The molecule has 0 fully saturated rings. The van der Waals surface area contributed by atoms with Gasteiger partial charge < -0.3 is 9.67 Å². The lowest BCUT2D eigenvalue weighted by molar-refractivity contribution is 0.279. The quantitative estimate of drug-likeness (QED) is 0.915. The number of aliphatic hydroxyl groups is 1. The number of aromatic nitrogens is 1. The zero-order chi connectivity index (χ0) is 15.4. The second-order valence-electron chi connectivity index (χ2n) is 5.91. The van der Waals surface area contributed by atoms with Crippen LogP contribution in [0.25, 0.3) is 11.3 Å².